The number of pyridine rings is 1. The number of nitrogens with two attached hydrogens (primary N) is 1. The molecule has 0 aliphatic heterocycles. The molecule has 0 saturated heterocycles. The molecule has 3 N–H and O–H groups in total. The second-order valence-electron chi connectivity index (χ2n) is 2.54. The number of hydrogen-bond acceptors (Lipinski definition) is 3. The molecule has 1 aromatic heterocycles. The maximum Gasteiger partial charge on any atom is 0.250 e. The van der Waals surface area contributed by atoms with Gasteiger partial charge in [-0.1, -0.05) is 6.07 Å². The van der Waals surface area contributed by atoms with Crippen molar-refractivity contribution in [1.29, 1.82) is 0 Å². The number of aromatic nitrogens is 1. The molecule has 1 amide bonds. The smallest absolute Gasteiger partial charge is 0.250 e. The van der Waals surface area contributed by atoms with Gasteiger partial charge in [0.25, 0.3) is 5.91 Å². The molecule has 64 valence electrons. The van der Waals surface area contributed by atoms with Crippen LogP contribution in [0.2, 0.25) is 0 Å². The Morgan fingerprint density at radius 1 is 1.67 bits per heavy atom. The lowest BCUT2D eigenvalue weighted by molar-refractivity contribution is -0.126. The minimum Gasteiger partial charge on any atom is -0.378 e. The van der Waals surface area contributed by atoms with Gasteiger partial charge < -0.3 is 10.8 Å². The van der Waals surface area contributed by atoms with Crippen molar-refractivity contribution in [3.63, 3.8) is 0 Å². The van der Waals surface area contributed by atoms with Crippen LogP contribution < -0.4 is 5.73 Å². The van der Waals surface area contributed by atoms with E-state index in [0.29, 0.717) is 5.56 Å². The number of primary amides is 1. The molecule has 1 aromatic rings. The zero-order valence-corrected chi connectivity index (χ0v) is 6.69. The minimum atomic E-state index is -1.25. The van der Waals surface area contributed by atoms with Crippen molar-refractivity contribution in [3.8, 4) is 0 Å². The number of aliphatic hydroxyl groups excluding tert-OH is 1. The summed E-state index contributed by atoms with van der Waals surface area (Å²) in [6.45, 7) is 1.82. The standard InChI is InChI=1S/C8H10N2O2/c1-5-2-3-6(4-10-5)7(11)8(9)12/h2-4,7,11H,1H3,(H2,9,12). The number of carbonyl (C=O) groups excluding carboxylic acids is 1. The predicted octanol–water partition coefficient (Wildman–Crippen LogP) is -0.0913. The normalized spacial score (nSPS) is 12.5. The Hall–Kier alpha value is -1.42. The molecule has 12 heavy (non-hydrogen) atoms. The van der Waals surface area contributed by atoms with Gasteiger partial charge in [0.05, 0.1) is 0 Å². The third-order valence-electron chi connectivity index (χ3n) is 1.52. The SMILES string of the molecule is Cc1ccc(C(O)C(N)=O)cn1. The van der Waals surface area contributed by atoms with Crippen molar-refractivity contribution >= 4 is 5.91 Å². The molecular formula is C8H10N2O2. The van der Waals surface area contributed by atoms with Crippen LogP contribution in [0, 0.1) is 6.92 Å². The molecule has 1 unspecified atom stereocenters. The van der Waals surface area contributed by atoms with Crippen LogP contribution in [-0.2, 0) is 4.79 Å². The molecule has 0 aliphatic carbocycles. The average molecular weight is 166 g/mol. The van der Waals surface area contributed by atoms with Crippen LogP contribution in [0.5, 0.6) is 0 Å². The Labute approximate surface area is 70.0 Å². The van der Waals surface area contributed by atoms with Crippen molar-refractivity contribution in [3.05, 3.63) is 29.6 Å². The van der Waals surface area contributed by atoms with E-state index in [2.05, 4.69) is 4.98 Å². The Bertz CT molecular complexity index is 282. The lowest BCUT2D eigenvalue weighted by Crippen LogP contribution is -2.20. The number of aliphatic hydroxyl groups is 1. The summed E-state index contributed by atoms with van der Waals surface area (Å²) in [5.74, 6) is -0.763. The molecule has 4 nitrogen and oxygen atoms in total. The Balaban J connectivity index is 2.89. The molecule has 0 aliphatic rings. The zero-order chi connectivity index (χ0) is 9.14. The first-order valence-electron chi connectivity index (χ1n) is 3.51. The van der Waals surface area contributed by atoms with Gasteiger partial charge in [-0.15, -0.1) is 0 Å². The summed E-state index contributed by atoms with van der Waals surface area (Å²) >= 11 is 0. The first kappa shape index (κ1) is 8.67. The largest absolute Gasteiger partial charge is 0.378 e. The molecule has 0 radical (unpaired) electrons. The van der Waals surface area contributed by atoms with Gasteiger partial charge >= 0.3 is 0 Å². The van der Waals surface area contributed by atoms with Gasteiger partial charge in [0.2, 0.25) is 0 Å². The number of rotatable bonds is 2. The van der Waals surface area contributed by atoms with E-state index in [0.717, 1.165) is 5.69 Å². The number of amides is 1. The lowest BCUT2D eigenvalue weighted by atomic mass is 10.1. The van der Waals surface area contributed by atoms with Gasteiger partial charge in [0, 0.05) is 17.5 Å². The lowest BCUT2D eigenvalue weighted by Gasteiger charge is -2.05. The Morgan fingerprint density at radius 2 is 2.33 bits per heavy atom. The van der Waals surface area contributed by atoms with Gasteiger partial charge in [-0.2, -0.15) is 0 Å². The number of aryl methyl sites for hydroxylation is 1. The molecule has 1 rings (SSSR count). The summed E-state index contributed by atoms with van der Waals surface area (Å²) in [5, 5.41) is 9.17. The molecule has 0 spiro atoms. The molecule has 0 fully saturated rings. The fourth-order valence-electron chi connectivity index (χ4n) is 0.805. The van der Waals surface area contributed by atoms with Crippen molar-refractivity contribution < 1.29 is 9.90 Å². The van der Waals surface area contributed by atoms with Gasteiger partial charge in [0.1, 0.15) is 0 Å². The predicted molar refractivity (Wildman–Crippen MR) is 43.1 cm³/mol. The summed E-state index contributed by atoms with van der Waals surface area (Å²) in [4.78, 5) is 14.4. The van der Waals surface area contributed by atoms with E-state index < -0.39 is 12.0 Å². The Kier molecular flexibility index (Phi) is 2.40. The Morgan fingerprint density at radius 3 is 2.75 bits per heavy atom. The van der Waals surface area contributed by atoms with E-state index >= 15 is 0 Å². The van der Waals surface area contributed by atoms with Crippen molar-refractivity contribution in [2.45, 2.75) is 13.0 Å². The first-order chi connectivity index (χ1) is 5.61. The van der Waals surface area contributed by atoms with E-state index in [1.807, 2.05) is 6.92 Å². The van der Waals surface area contributed by atoms with Crippen LogP contribution in [0.25, 0.3) is 0 Å². The first-order valence-corrected chi connectivity index (χ1v) is 3.51. The highest BCUT2D eigenvalue weighted by Crippen LogP contribution is 2.10. The van der Waals surface area contributed by atoms with Crippen LogP contribution in [0.3, 0.4) is 0 Å². The van der Waals surface area contributed by atoms with Gasteiger partial charge in [-0.05, 0) is 13.0 Å². The molecular weight excluding hydrogens is 156 g/mol. The van der Waals surface area contributed by atoms with Crippen LogP contribution in [0.4, 0.5) is 0 Å². The number of nitrogens with zero attached hydrogens (tertiary/aromatic N) is 1. The average Bonchev–Trinajstić information content (AvgIpc) is 2.04. The van der Waals surface area contributed by atoms with E-state index in [1.54, 1.807) is 12.1 Å². The van der Waals surface area contributed by atoms with Crippen LogP contribution in [0.1, 0.15) is 17.4 Å². The van der Waals surface area contributed by atoms with Crippen LogP contribution in [-0.4, -0.2) is 16.0 Å². The zero-order valence-electron chi connectivity index (χ0n) is 6.69. The minimum absolute atomic E-state index is 0.424. The molecule has 0 bridgehead atoms. The van der Waals surface area contributed by atoms with Gasteiger partial charge in [0.15, 0.2) is 6.10 Å². The molecule has 4 heteroatoms. The van der Waals surface area contributed by atoms with Crippen molar-refractivity contribution in [1.82, 2.24) is 4.98 Å². The van der Waals surface area contributed by atoms with Crippen LogP contribution >= 0.6 is 0 Å². The second-order valence-corrected chi connectivity index (χ2v) is 2.54. The summed E-state index contributed by atoms with van der Waals surface area (Å²) < 4.78 is 0. The summed E-state index contributed by atoms with van der Waals surface area (Å²) in [7, 11) is 0. The number of carbonyl (C=O) groups is 1. The highest BCUT2D eigenvalue weighted by molar-refractivity contribution is 5.79. The fraction of sp³-hybridized carbons (Fsp3) is 0.250. The molecule has 1 atom stereocenters. The topological polar surface area (TPSA) is 76.2 Å². The van der Waals surface area contributed by atoms with E-state index in [9.17, 15) is 9.90 Å². The number of hydrogen-bond donors (Lipinski definition) is 2. The maximum absolute atomic E-state index is 10.5. The van der Waals surface area contributed by atoms with Crippen LogP contribution in [0.15, 0.2) is 18.3 Å². The third kappa shape index (κ3) is 1.79. The van der Waals surface area contributed by atoms with Crippen molar-refractivity contribution in [2.75, 3.05) is 0 Å². The monoisotopic (exact) mass is 166 g/mol. The summed E-state index contributed by atoms with van der Waals surface area (Å²) in [6, 6.07) is 3.33. The fourth-order valence-corrected chi connectivity index (χ4v) is 0.805. The summed E-state index contributed by atoms with van der Waals surface area (Å²) in [5.41, 5.74) is 6.14. The van der Waals surface area contributed by atoms with E-state index in [-0.39, 0.29) is 0 Å². The summed E-state index contributed by atoms with van der Waals surface area (Å²) in [6.07, 6.45) is 0.184. The van der Waals surface area contributed by atoms with E-state index in [4.69, 9.17) is 5.73 Å². The van der Waals surface area contributed by atoms with Crippen molar-refractivity contribution in [2.24, 2.45) is 5.73 Å². The second kappa shape index (κ2) is 3.32. The molecule has 0 saturated carbocycles. The highest BCUT2D eigenvalue weighted by atomic mass is 16.3. The quantitative estimate of drug-likeness (QED) is 0.644. The molecule has 1 heterocycles. The highest BCUT2D eigenvalue weighted by Gasteiger charge is 2.12. The maximum atomic E-state index is 10.5. The van der Waals surface area contributed by atoms with E-state index in [1.165, 1.54) is 6.20 Å². The van der Waals surface area contributed by atoms with Gasteiger partial charge in [-0.25, -0.2) is 0 Å². The third-order valence-corrected chi connectivity index (χ3v) is 1.52. The van der Waals surface area contributed by atoms with Gasteiger partial charge in [-0.3, -0.25) is 9.78 Å². The molecule has 0 aromatic carbocycles.